The summed E-state index contributed by atoms with van der Waals surface area (Å²) in [6, 6.07) is -0.994. The van der Waals surface area contributed by atoms with Crippen molar-refractivity contribution < 1.29 is 29.3 Å². The summed E-state index contributed by atoms with van der Waals surface area (Å²) in [5.74, 6) is -1.60. The number of aliphatic carboxylic acids is 1. The van der Waals surface area contributed by atoms with Crippen LogP contribution >= 0.6 is 46.8 Å². The number of nitrogens with two attached hydrogens (primary N) is 1. The number of nitrogens with zero attached hydrogens (tertiary/aromatic N) is 6. The van der Waals surface area contributed by atoms with Gasteiger partial charge in [-0.25, -0.2) is 0 Å². The summed E-state index contributed by atoms with van der Waals surface area (Å²) in [5, 5.41) is 27.6. The monoisotopic (exact) mass is 556 g/mol. The van der Waals surface area contributed by atoms with Crippen molar-refractivity contribution in [1.82, 2.24) is 24.5 Å². The van der Waals surface area contributed by atoms with Crippen LogP contribution in [0.25, 0.3) is 0 Å². The number of fused-ring (bicyclic) bond motifs is 1. The van der Waals surface area contributed by atoms with Crippen molar-refractivity contribution in [3.63, 3.8) is 0 Å². The van der Waals surface area contributed by atoms with Crippen LogP contribution in [-0.4, -0.2) is 112 Å². The zero-order valence-electron chi connectivity index (χ0n) is 18.2. The largest absolute Gasteiger partial charge is 0.543 e. The highest BCUT2D eigenvalue weighted by Gasteiger charge is 2.53. The number of carbonyl (C=O) groups is 3. The molecule has 1 aromatic heterocycles. The molecule has 13 nitrogen and oxygen atoms in total. The lowest BCUT2D eigenvalue weighted by Gasteiger charge is -2.50. The average Bonchev–Trinajstić information content (AvgIpc) is 3.42. The molecule has 3 fully saturated rings. The van der Waals surface area contributed by atoms with E-state index in [1.807, 2.05) is 11.8 Å². The predicted molar refractivity (Wildman–Crippen MR) is 131 cm³/mol. The molecule has 2 amide bonds. The number of rotatable bonds is 6. The number of β-lactam (4-membered cyclic amide) rings is 1. The molecule has 5 rings (SSSR count). The highest BCUT2D eigenvalue weighted by molar-refractivity contribution is 8.13. The Kier molecular flexibility index (Phi) is 6.58. The van der Waals surface area contributed by atoms with Crippen LogP contribution in [0, 0.1) is 0 Å². The summed E-state index contributed by atoms with van der Waals surface area (Å²) in [7, 11) is 2.06. The van der Waals surface area contributed by atoms with Gasteiger partial charge in [0.25, 0.3) is 11.8 Å². The molecule has 3 saturated heterocycles. The van der Waals surface area contributed by atoms with E-state index < -0.39 is 34.9 Å². The summed E-state index contributed by atoms with van der Waals surface area (Å²) >= 11 is 5.47. The molecular weight excluding hydrogens is 537 g/mol. The summed E-state index contributed by atoms with van der Waals surface area (Å²) in [4.78, 5) is 45.2. The summed E-state index contributed by atoms with van der Waals surface area (Å²) in [6.45, 7) is 2.63. The summed E-state index contributed by atoms with van der Waals surface area (Å²) in [6.07, 6.45) is 0. The van der Waals surface area contributed by atoms with Gasteiger partial charge in [0.15, 0.2) is 5.13 Å². The maximum atomic E-state index is 12.9. The average molecular weight is 557 g/mol. The zero-order valence-corrected chi connectivity index (χ0v) is 21.5. The normalized spacial score (nSPS) is 26.5. The molecule has 4 aliphatic rings. The van der Waals surface area contributed by atoms with Gasteiger partial charge < -0.3 is 26.2 Å². The molecule has 0 saturated carbocycles. The third-order valence-electron chi connectivity index (χ3n) is 5.79. The molecule has 0 spiro atoms. The minimum Gasteiger partial charge on any atom is -0.543 e. The van der Waals surface area contributed by atoms with Gasteiger partial charge in [0.2, 0.25) is 11.5 Å². The third-order valence-corrected chi connectivity index (χ3v) is 10.3. The molecule has 186 valence electrons. The lowest BCUT2D eigenvalue weighted by atomic mass is 10.0. The summed E-state index contributed by atoms with van der Waals surface area (Å²) < 4.78 is 6.11. The van der Waals surface area contributed by atoms with Crippen LogP contribution in [0.5, 0.6) is 0 Å². The van der Waals surface area contributed by atoms with Gasteiger partial charge in [0.05, 0.1) is 30.5 Å². The molecule has 4 N–H and O–H groups in total. The molecule has 0 aliphatic carbocycles. The maximum absolute atomic E-state index is 12.9. The number of amides is 2. The van der Waals surface area contributed by atoms with E-state index in [9.17, 15) is 24.7 Å². The number of carboxylic acid groups (broad SMARTS) is 1. The number of carboxylic acids is 1. The lowest BCUT2D eigenvalue weighted by molar-refractivity contribution is -0.580. The molecule has 0 unspecified atom stereocenters. The fourth-order valence-electron chi connectivity index (χ4n) is 4.09. The Labute approximate surface area is 216 Å². The molecule has 0 aromatic carbocycles. The predicted octanol–water partition coefficient (Wildman–Crippen LogP) is -2.18. The van der Waals surface area contributed by atoms with Crippen molar-refractivity contribution in [2.75, 3.05) is 43.9 Å². The van der Waals surface area contributed by atoms with E-state index in [0.29, 0.717) is 10.7 Å². The number of oxime groups is 1. The molecule has 35 heavy (non-hydrogen) atoms. The van der Waals surface area contributed by atoms with Gasteiger partial charge >= 0.3 is 5.17 Å². The van der Waals surface area contributed by atoms with E-state index >= 15 is 0 Å². The van der Waals surface area contributed by atoms with Crippen molar-refractivity contribution in [2.45, 2.75) is 16.7 Å². The first kappa shape index (κ1) is 24.2. The van der Waals surface area contributed by atoms with E-state index in [1.54, 1.807) is 0 Å². The Morgan fingerprint density at radius 3 is 2.77 bits per heavy atom. The fraction of sp³-hybridized carbons (Fsp3) is 0.500. The first-order chi connectivity index (χ1) is 16.8. The number of hydrogen-bond donors (Lipinski definition) is 3. The van der Waals surface area contributed by atoms with E-state index in [4.69, 9.17) is 5.73 Å². The van der Waals surface area contributed by atoms with E-state index in [0.717, 1.165) is 41.8 Å². The summed E-state index contributed by atoms with van der Waals surface area (Å²) in [5.41, 5.74) is 4.88. The molecule has 0 radical (unpaired) electrons. The van der Waals surface area contributed by atoms with E-state index in [2.05, 4.69) is 36.4 Å². The molecule has 2 atom stereocenters. The highest BCUT2D eigenvalue weighted by atomic mass is 32.2. The number of nitrogen functional groups attached to an aromatic ring is 1. The van der Waals surface area contributed by atoms with Crippen LogP contribution in [0.3, 0.4) is 0 Å². The number of hydrogen-bond acceptors (Lipinski definition) is 13. The minimum absolute atomic E-state index is 0.0821. The van der Waals surface area contributed by atoms with Gasteiger partial charge in [0.1, 0.15) is 24.5 Å². The van der Waals surface area contributed by atoms with E-state index in [1.165, 1.54) is 28.7 Å². The molecule has 5 heterocycles. The van der Waals surface area contributed by atoms with Crippen LogP contribution in [0.15, 0.2) is 15.8 Å². The van der Waals surface area contributed by atoms with Crippen molar-refractivity contribution in [1.29, 1.82) is 0 Å². The minimum atomic E-state index is -1.42. The van der Waals surface area contributed by atoms with Crippen LogP contribution in [0.4, 0.5) is 5.13 Å². The Morgan fingerprint density at radius 2 is 2.17 bits per heavy atom. The number of aromatic nitrogens is 2. The molecule has 4 aliphatic heterocycles. The van der Waals surface area contributed by atoms with Crippen molar-refractivity contribution in [2.24, 2.45) is 5.16 Å². The quantitative estimate of drug-likeness (QED) is 0.114. The Bertz CT molecular complexity index is 1190. The Hall–Kier alpha value is -2.50. The van der Waals surface area contributed by atoms with E-state index in [-0.39, 0.29) is 21.9 Å². The second-order valence-electron chi connectivity index (χ2n) is 8.02. The van der Waals surface area contributed by atoms with Gasteiger partial charge in [0, 0.05) is 27.9 Å². The van der Waals surface area contributed by atoms with Crippen molar-refractivity contribution >= 4 is 80.6 Å². The van der Waals surface area contributed by atoms with Crippen LogP contribution in [-0.2, 0) is 14.4 Å². The number of anilines is 1. The standard InChI is InChI=1S/C18H20N8O5S4/c1-24-2-3-32-18(24)25-4-7(5-25)34-8-6-33-15-10(14(28)26(15)11(8)16(29)30)20-13(27)9(22-31)12-21-17(19)35-23-12/h7,10,15H,2-6H2,1H3,(H4-,19,20,21,23,27,29,30,31)/t10-,15-/m1/s1. The smallest absolute Gasteiger partial charge is 0.308 e. The Balaban J connectivity index is 1.26. The van der Waals surface area contributed by atoms with Crippen LogP contribution in [0.1, 0.15) is 5.82 Å². The number of carbonyl (C=O) groups excluding carboxylic acids is 3. The number of thioether (sulfide) groups is 3. The molecule has 1 aromatic rings. The second-order valence-corrected chi connectivity index (χ2v) is 12.4. The maximum Gasteiger partial charge on any atom is 0.308 e. The molecular formula is C18H20N8O5S4. The second kappa shape index (κ2) is 9.51. The van der Waals surface area contributed by atoms with Gasteiger partial charge in [-0.3, -0.25) is 24.0 Å². The molecule has 0 bridgehead atoms. The third kappa shape index (κ3) is 4.34. The fourth-order valence-corrected chi connectivity index (χ4v) is 8.59. The van der Waals surface area contributed by atoms with Gasteiger partial charge in [-0.2, -0.15) is 9.36 Å². The SMILES string of the molecule is CN1CCSC1=[N+]1CC(SC2=C(C(=O)[O-])N3C(=O)[C@@H](NC(=O)/C(=N\O)c4nsc(N)n4)[C@H]3SC2)C1. The highest BCUT2D eigenvalue weighted by Crippen LogP contribution is 2.45. The zero-order chi connectivity index (χ0) is 24.9. The van der Waals surface area contributed by atoms with Crippen LogP contribution < -0.4 is 16.2 Å². The van der Waals surface area contributed by atoms with Crippen molar-refractivity contribution in [3.05, 3.63) is 16.4 Å². The first-order valence-corrected chi connectivity index (χ1v) is 14.1. The van der Waals surface area contributed by atoms with Gasteiger partial charge in [-0.05, 0) is 11.8 Å². The van der Waals surface area contributed by atoms with Gasteiger partial charge in [-0.15, -0.1) is 23.5 Å². The van der Waals surface area contributed by atoms with Crippen molar-refractivity contribution in [3.8, 4) is 0 Å². The Morgan fingerprint density at radius 1 is 1.40 bits per heavy atom. The number of nitrogens with one attached hydrogen (secondary N) is 1. The van der Waals surface area contributed by atoms with Crippen LogP contribution in [0.2, 0.25) is 0 Å². The topological polar surface area (TPSA) is 180 Å². The lowest BCUT2D eigenvalue weighted by Crippen LogP contribution is -2.71. The number of amidine groups is 1. The van der Waals surface area contributed by atoms with Gasteiger partial charge in [-0.1, -0.05) is 5.16 Å². The molecule has 17 heteroatoms. The first-order valence-electron chi connectivity index (χ1n) is 10.4.